The molecule has 0 bridgehead atoms. The molecule has 34 heavy (non-hydrogen) atoms. The number of nitrogens with two attached hydrogens (primary N) is 1. The normalized spacial score (nSPS) is 11.4. The SMILES string of the molecule is CCc1nc2c(N)nc3cccnc3c2n1CCCCCC(=O)c1ccc(N(CC)CC)cc1. The number of carbonyl (C=O) groups is 1. The van der Waals surface area contributed by atoms with Crippen LogP contribution in [-0.2, 0) is 13.0 Å². The Balaban J connectivity index is 1.38. The summed E-state index contributed by atoms with van der Waals surface area (Å²) in [6.07, 6.45) is 5.96. The van der Waals surface area contributed by atoms with Gasteiger partial charge in [0, 0.05) is 49.9 Å². The molecule has 2 N–H and O–H groups in total. The average molecular weight is 459 g/mol. The molecule has 1 aromatic carbocycles. The Kier molecular flexibility index (Phi) is 7.40. The standard InChI is InChI=1S/C27H34N6O/c1-4-23-31-25-26(24-21(30-27(25)28)11-10-17-29-24)33(23)18-9-7-8-12-22(34)19-13-15-20(16-14-19)32(5-2)6-3/h10-11,13-17H,4-9,12,18H2,1-3H3,(H2,28,30). The summed E-state index contributed by atoms with van der Waals surface area (Å²) in [6, 6.07) is 11.8. The Bertz CT molecular complexity index is 1270. The zero-order valence-corrected chi connectivity index (χ0v) is 20.4. The number of aromatic nitrogens is 4. The fourth-order valence-electron chi connectivity index (χ4n) is 4.60. The van der Waals surface area contributed by atoms with Gasteiger partial charge in [-0.2, -0.15) is 0 Å². The largest absolute Gasteiger partial charge is 0.382 e. The number of rotatable bonds is 11. The van der Waals surface area contributed by atoms with Crippen LogP contribution in [0.15, 0.2) is 42.6 Å². The molecule has 3 heterocycles. The van der Waals surface area contributed by atoms with Gasteiger partial charge >= 0.3 is 0 Å². The van der Waals surface area contributed by atoms with E-state index in [2.05, 4.69) is 52.3 Å². The lowest BCUT2D eigenvalue weighted by molar-refractivity contribution is 0.0979. The molecule has 0 fully saturated rings. The quantitative estimate of drug-likeness (QED) is 0.239. The number of aryl methyl sites for hydroxylation is 2. The molecule has 0 saturated heterocycles. The Morgan fingerprint density at radius 1 is 0.971 bits per heavy atom. The predicted octanol–water partition coefficient (Wildman–Crippen LogP) is 5.41. The van der Waals surface area contributed by atoms with Gasteiger partial charge in [0.2, 0.25) is 0 Å². The maximum absolute atomic E-state index is 12.7. The zero-order chi connectivity index (χ0) is 24.1. The molecule has 178 valence electrons. The zero-order valence-electron chi connectivity index (χ0n) is 20.4. The number of carbonyl (C=O) groups excluding carboxylic acids is 1. The lowest BCUT2D eigenvalue weighted by Crippen LogP contribution is -2.21. The monoisotopic (exact) mass is 458 g/mol. The first kappa shape index (κ1) is 23.7. The first-order valence-corrected chi connectivity index (χ1v) is 12.3. The van der Waals surface area contributed by atoms with E-state index in [4.69, 9.17) is 10.7 Å². The number of imidazole rings is 1. The summed E-state index contributed by atoms with van der Waals surface area (Å²) in [5, 5.41) is 0. The van der Waals surface area contributed by atoms with E-state index < -0.39 is 0 Å². The van der Waals surface area contributed by atoms with Crippen molar-refractivity contribution in [3.8, 4) is 0 Å². The summed E-state index contributed by atoms with van der Waals surface area (Å²) in [5.74, 6) is 1.65. The molecule has 0 unspecified atom stereocenters. The molecule has 7 heteroatoms. The Morgan fingerprint density at radius 3 is 2.44 bits per heavy atom. The number of fused-ring (bicyclic) bond motifs is 3. The van der Waals surface area contributed by atoms with Crippen molar-refractivity contribution in [2.45, 2.75) is 59.4 Å². The minimum absolute atomic E-state index is 0.211. The van der Waals surface area contributed by atoms with Gasteiger partial charge < -0.3 is 15.2 Å². The molecule has 0 radical (unpaired) electrons. The van der Waals surface area contributed by atoms with Crippen LogP contribution in [0.1, 0.15) is 62.6 Å². The van der Waals surface area contributed by atoms with Crippen molar-refractivity contribution in [1.29, 1.82) is 0 Å². The van der Waals surface area contributed by atoms with Crippen LogP contribution in [0, 0.1) is 0 Å². The van der Waals surface area contributed by atoms with Crippen molar-refractivity contribution in [2.75, 3.05) is 23.7 Å². The second-order valence-electron chi connectivity index (χ2n) is 8.55. The van der Waals surface area contributed by atoms with Gasteiger partial charge in [0.05, 0.1) is 5.52 Å². The van der Waals surface area contributed by atoms with Crippen molar-refractivity contribution >= 4 is 39.4 Å². The Hall–Kier alpha value is -3.48. The number of nitrogen functional groups attached to an aromatic ring is 1. The van der Waals surface area contributed by atoms with E-state index in [0.717, 1.165) is 78.8 Å². The van der Waals surface area contributed by atoms with Gasteiger partial charge in [-0.1, -0.05) is 13.3 Å². The molecular weight excluding hydrogens is 424 g/mol. The molecule has 0 spiro atoms. The second-order valence-corrected chi connectivity index (χ2v) is 8.55. The predicted molar refractivity (Wildman–Crippen MR) is 139 cm³/mol. The molecule has 0 aliphatic rings. The lowest BCUT2D eigenvalue weighted by atomic mass is 10.0. The molecule has 0 aliphatic carbocycles. The Morgan fingerprint density at radius 2 is 1.74 bits per heavy atom. The van der Waals surface area contributed by atoms with Crippen LogP contribution in [0.25, 0.3) is 22.1 Å². The number of hydrogen-bond acceptors (Lipinski definition) is 6. The van der Waals surface area contributed by atoms with Gasteiger partial charge in [0.15, 0.2) is 11.6 Å². The van der Waals surface area contributed by atoms with E-state index in [-0.39, 0.29) is 5.78 Å². The first-order chi connectivity index (χ1) is 16.6. The summed E-state index contributed by atoms with van der Waals surface area (Å²) in [5.41, 5.74) is 11.5. The van der Waals surface area contributed by atoms with E-state index in [1.165, 1.54) is 5.69 Å². The van der Waals surface area contributed by atoms with E-state index in [0.29, 0.717) is 12.2 Å². The van der Waals surface area contributed by atoms with E-state index >= 15 is 0 Å². The van der Waals surface area contributed by atoms with Gasteiger partial charge in [-0.25, -0.2) is 9.97 Å². The average Bonchev–Trinajstić information content (AvgIpc) is 3.24. The van der Waals surface area contributed by atoms with Gasteiger partial charge in [-0.3, -0.25) is 9.78 Å². The van der Waals surface area contributed by atoms with Crippen LogP contribution in [0.2, 0.25) is 0 Å². The maximum Gasteiger partial charge on any atom is 0.162 e. The highest BCUT2D eigenvalue weighted by atomic mass is 16.1. The van der Waals surface area contributed by atoms with Crippen molar-refractivity contribution in [2.24, 2.45) is 0 Å². The van der Waals surface area contributed by atoms with Gasteiger partial charge in [-0.15, -0.1) is 0 Å². The van der Waals surface area contributed by atoms with Gasteiger partial charge in [0.1, 0.15) is 22.4 Å². The third-order valence-electron chi connectivity index (χ3n) is 6.46. The number of ketones is 1. The minimum Gasteiger partial charge on any atom is -0.382 e. The number of anilines is 2. The molecule has 0 saturated carbocycles. The van der Waals surface area contributed by atoms with Crippen LogP contribution >= 0.6 is 0 Å². The molecule has 3 aromatic heterocycles. The van der Waals surface area contributed by atoms with Crippen LogP contribution in [-0.4, -0.2) is 38.4 Å². The molecule has 7 nitrogen and oxygen atoms in total. The van der Waals surface area contributed by atoms with Crippen molar-refractivity contribution in [1.82, 2.24) is 19.5 Å². The van der Waals surface area contributed by atoms with E-state index in [9.17, 15) is 4.79 Å². The summed E-state index contributed by atoms with van der Waals surface area (Å²) in [4.78, 5) is 28.7. The number of hydrogen-bond donors (Lipinski definition) is 1. The topological polar surface area (TPSA) is 89.9 Å². The number of unbranched alkanes of at least 4 members (excludes halogenated alkanes) is 2. The molecule has 0 amide bonds. The minimum atomic E-state index is 0.211. The van der Waals surface area contributed by atoms with E-state index in [1.807, 2.05) is 24.3 Å². The molecule has 4 aromatic rings. The maximum atomic E-state index is 12.7. The number of benzene rings is 1. The van der Waals surface area contributed by atoms with Gasteiger partial charge in [-0.05, 0) is 63.1 Å². The number of pyridine rings is 2. The molecule has 4 rings (SSSR count). The number of Topliss-reactive ketones (excluding diaryl/α,β-unsaturated/α-hetero) is 1. The van der Waals surface area contributed by atoms with Crippen LogP contribution in [0.3, 0.4) is 0 Å². The smallest absolute Gasteiger partial charge is 0.162 e. The molecule has 0 atom stereocenters. The third-order valence-corrected chi connectivity index (χ3v) is 6.46. The van der Waals surface area contributed by atoms with Crippen molar-refractivity contribution in [3.05, 3.63) is 54.0 Å². The van der Waals surface area contributed by atoms with Gasteiger partial charge in [0.25, 0.3) is 0 Å². The molecular formula is C27H34N6O. The van der Waals surface area contributed by atoms with Crippen LogP contribution < -0.4 is 10.6 Å². The third kappa shape index (κ3) is 4.74. The fourth-order valence-corrected chi connectivity index (χ4v) is 4.60. The summed E-state index contributed by atoms with van der Waals surface area (Å²) < 4.78 is 2.23. The van der Waals surface area contributed by atoms with Crippen LogP contribution in [0.4, 0.5) is 11.5 Å². The highest BCUT2D eigenvalue weighted by molar-refractivity contribution is 6.04. The molecule has 0 aliphatic heterocycles. The highest BCUT2D eigenvalue weighted by Gasteiger charge is 2.17. The Labute approximate surface area is 201 Å². The van der Waals surface area contributed by atoms with Crippen molar-refractivity contribution in [3.63, 3.8) is 0 Å². The fraction of sp³-hybridized carbons (Fsp3) is 0.407. The summed E-state index contributed by atoms with van der Waals surface area (Å²) in [6.45, 7) is 9.13. The van der Waals surface area contributed by atoms with Crippen LogP contribution in [0.5, 0.6) is 0 Å². The number of nitrogens with zero attached hydrogens (tertiary/aromatic N) is 5. The lowest BCUT2D eigenvalue weighted by Gasteiger charge is -2.21. The summed E-state index contributed by atoms with van der Waals surface area (Å²) in [7, 11) is 0. The summed E-state index contributed by atoms with van der Waals surface area (Å²) >= 11 is 0. The first-order valence-electron chi connectivity index (χ1n) is 12.3. The van der Waals surface area contributed by atoms with E-state index in [1.54, 1.807) is 6.20 Å². The van der Waals surface area contributed by atoms with Crippen molar-refractivity contribution < 1.29 is 4.79 Å². The second kappa shape index (κ2) is 10.6. The highest BCUT2D eigenvalue weighted by Crippen LogP contribution is 2.28.